The van der Waals surface area contributed by atoms with Gasteiger partial charge in [0.15, 0.2) is 11.5 Å². The summed E-state index contributed by atoms with van der Waals surface area (Å²) in [4.78, 5) is 15.0. The van der Waals surface area contributed by atoms with Crippen molar-refractivity contribution in [2.45, 2.75) is 0 Å². The zero-order valence-electron chi connectivity index (χ0n) is 29.3. The molecule has 0 unspecified atom stereocenters. The fourth-order valence-corrected chi connectivity index (χ4v) is 6.83. The highest BCUT2D eigenvalue weighted by atomic mass is 15.1. The van der Waals surface area contributed by atoms with Crippen molar-refractivity contribution in [1.82, 2.24) is 24.1 Å². The van der Waals surface area contributed by atoms with Gasteiger partial charge >= 0.3 is 0 Å². The lowest BCUT2D eigenvalue weighted by Crippen LogP contribution is -2.04. The Kier molecular flexibility index (Phi) is 4.29. The van der Waals surface area contributed by atoms with E-state index in [1.165, 1.54) is 0 Å². The van der Waals surface area contributed by atoms with Crippen LogP contribution in [0.15, 0.2) is 152 Å². The van der Waals surface area contributed by atoms with E-state index in [9.17, 15) is 0 Å². The van der Waals surface area contributed by atoms with Crippen molar-refractivity contribution in [1.29, 1.82) is 0 Å². The molecule has 10 aromatic rings. The van der Waals surface area contributed by atoms with Crippen molar-refractivity contribution >= 4 is 65.5 Å². The molecule has 4 aromatic heterocycles. The number of benzene rings is 6. The van der Waals surface area contributed by atoms with E-state index >= 15 is 0 Å². The first-order chi connectivity index (χ1) is 24.9. The van der Waals surface area contributed by atoms with Crippen LogP contribution in [0.4, 0.5) is 0 Å². The summed E-state index contributed by atoms with van der Waals surface area (Å²) in [6.07, 6.45) is 1.72. The van der Waals surface area contributed by atoms with Crippen molar-refractivity contribution in [3.8, 4) is 22.8 Å². The molecule has 0 N–H and O–H groups in total. The summed E-state index contributed by atoms with van der Waals surface area (Å²) in [7, 11) is 0. The summed E-state index contributed by atoms with van der Waals surface area (Å²) in [6, 6.07) is 36.8. The number of pyridine rings is 1. The molecule has 0 fully saturated rings. The third-order valence-electron chi connectivity index (χ3n) is 8.83. The van der Waals surface area contributed by atoms with Gasteiger partial charge in [-0.05, 0) is 71.4 Å². The van der Waals surface area contributed by atoms with Gasteiger partial charge in [0.25, 0.3) is 0 Å². The Labute approximate surface area is 270 Å². The largest absolute Gasteiger partial charge is 0.309 e. The maximum absolute atomic E-state index is 8.79. The Hall–Kier alpha value is -6.33. The first-order valence-electron chi connectivity index (χ1n) is 17.5. The van der Waals surface area contributed by atoms with E-state index in [2.05, 4.69) is 64.1 Å². The summed E-state index contributed by atoms with van der Waals surface area (Å²) in [5, 5.41) is 6.20. The van der Waals surface area contributed by atoms with Crippen molar-refractivity contribution in [3.63, 3.8) is 0 Å². The molecule has 0 saturated heterocycles. The number of fused-ring (bicyclic) bond motifs is 8. The average Bonchev–Trinajstić information content (AvgIpc) is 3.67. The highest BCUT2D eigenvalue weighted by Gasteiger charge is 2.21. The normalized spacial score (nSPS) is 13.4. The highest BCUT2D eigenvalue weighted by molar-refractivity contribution is 6.14. The van der Waals surface area contributed by atoms with Crippen LogP contribution >= 0.6 is 0 Å². The zero-order valence-corrected chi connectivity index (χ0v) is 24.3. The molecule has 0 bridgehead atoms. The second kappa shape index (κ2) is 9.58. The third-order valence-corrected chi connectivity index (χ3v) is 8.83. The smallest absolute Gasteiger partial charge is 0.180 e. The van der Waals surface area contributed by atoms with E-state index in [-0.39, 0.29) is 29.9 Å². The van der Waals surface area contributed by atoms with E-state index < -0.39 is 6.04 Å². The fourth-order valence-electron chi connectivity index (χ4n) is 6.83. The van der Waals surface area contributed by atoms with E-state index in [1.54, 1.807) is 10.8 Å². The first-order valence-corrected chi connectivity index (χ1v) is 15.0. The van der Waals surface area contributed by atoms with Gasteiger partial charge in [0.1, 0.15) is 11.2 Å². The molecule has 10 rings (SSSR count). The average molecular weight is 593 g/mol. The van der Waals surface area contributed by atoms with Gasteiger partial charge in [-0.25, -0.2) is 15.0 Å². The van der Waals surface area contributed by atoms with Crippen LogP contribution in [0.2, 0.25) is 0 Å². The van der Waals surface area contributed by atoms with Crippen LogP contribution in [-0.2, 0) is 0 Å². The minimum Gasteiger partial charge on any atom is -0.309 e. The van der Waals surface area contributed by atoms with Crippen LogP contribution < -0.4 is 0 Å². The number of nitrogens with zero attached hydrogens (tertiary/aromatic N) is 5. The van der Waals surface area contributed by atoms with Gasteiger partial charge in [0.2, 0.25) is 0 Å². The molecule has 0 amide bonds. The fraction of sp³-hybridized carbons (Fsp3) is 0. The van der Waals surface area contributed by atoms with Gasteiger partial charge in [-0.15, -0.1) is 0 Å². The van der Waals surface area contributed by atoms with Crippen LogP contribution in [-0.4, -0.2) is 24.1 Å². The second-order valence-electron chi connectivity index (χ2n) is 11.4. The second-order valence-corrected chi connectivity index (χ2v) is 11.4. The lowest BCUT2D eigenvalue weighted by molar-refractivity contribution is 1.07. The standard InChI is InChI=1S/C41H25N5/c1-2-13-29(14-3-1)45-35-18-8-6-15-30(35)32-24-28(20-21-37(32)45)39-41(44-40-34(43-39)17-10-22-42-40)46-36-19-9-7-16-31(36)33-23-26-11-4-5-12-27(26)25-38(33)46/h1-25H/i1D,2D,3D,13D,14D. The molecule has 46 heavy (non-hydrogen) atoms. The molecule has 0 aliphatic rings. The summed E-state index contributed by atoms with van der Waals surface area (Å²) >= 11 is 0. The van der Waals surface area contributed by atoms with Crippen molar-refractivity contribution in [2.75, 3.05) is 0 Å². The molecule has 0 radical (unpaired) electrons. The number of aromatic nitrogens is 5. The van der Waals surface area contributed by atoms with Gasteiger partial charge in [-0.3, -0.25) is 4.57 Å². The van der Waals surface area contributed by atoms with Gasteiger partial charge in [0, 0.05) is 39.0 Å². The Morgan fingerprint density at radius 1 is 0.522 bits per heavy atom. The molecule has 0 aliphatic heterocycles. The SMILES string of the molecule is [2H]c1c([2H])c([2H])c(-n2c3ccccc3c3cc(-c4nc5cccnc5nc4-n4c5ccccc5c5cc6ccccc6cc54)ccc32)c([2H])c1[2H]. The Morgan fingerprint density at radius 2 is 1.20 bits per heavy atom. The van der Waals surface area contributed by atoms with E-state index in [1.807, 2.05) is 60.7 Å². The minimum absolute atomic E-state index is 0.106. The molecule has 6 aromatic carbocycles. The van der Waals surface area contributed by atoms with Gasteiger partial charge in [-0.1, -0.05) is 84.9 Å². The molecular weight excluding hydrogens is 562 g/mol. The van der Waals surface area contributed by atoms with Crippen LogP contribution in [0.3, 0.4) is 0 Å². The van der Waals surface area contributed by atoms with E-state index in [0.29, 0.717) is 28.2 Å². The lowest BCUT2D eigenvalue weighted by atomic mass is 10.1. The zero-order chi connectivity index (χ0) is 34.5. The summed E-state index contributed by atoms with van der Waals surface area (Å²) in [5.74, 6) is 0.636. The molecule has 4 heterocycles. The number of hydrogen-bond donors (Lipinski definition) is 0. The topological polar surface area (TPSA) is 48.5 Å². The first kappa shape index (κ1) is 20.6. The molecule has 0 saturated carbocycles. The molecule has 5 heteroatoms. The minimum atomic E-state index is -0.424. The molecule has 214 valence electrons. The number of para-hydroxylation sites is 3. The van der Waals surface area contributed by atoms with Crippen molar-refractivity contribution < 1.29 is 6.85 Å². The van der Waals surface area contributed by atoms with E-state index in [0.717, 1.165) is 54.4 Å². The monoisotopic (exact) mass is 592 g/mol. The molecule has 0 spiro atoms. The van der Waals surface area contributed by atoms with Crippen molar-refractivity contribution in [2.24, 2.45) is 0 Å². The Bertz CT molecular complexity index is 3080. The van der Waals surface area contributed by atoms with E-state index in [4.69, 9.17) is 16.8 Å². The van der Waals surface area contributed by atoms with Gasteiger partial charge in [0.05, 0.1) is 28.9 Å². The lowest BCUT2D eigenvalue weighted by Gasteiger charge is -2.14. The predicted molar refractivity (Wildman–Crippen MR) is 189 cm³/mol. The van der Waals surface area contributed by atoms with Crippen molar-refractivity contribution in [3.05, 3.63) is 152 Å². The Balaban J connectivity index is 1.30. The van der Waals surface area contributed by atoms with Crippen LogP contribution in [0.25, 0.3) is 88.3 Å². The predicted octanol–water partition coefficient (Wildman–Crippen LogP) is 10.0. The molecule has 5 nitrogen and oxygen atoms in total. The maximum atomic E-state index is 8.79. The Morgan fingerprint density at radius 3 is 2.00 bits per heavy atom. The summed E-state index contributed by atoms with van der Waals surface area (Å²) in [5.41, 5.74) is 6.19. The molecule has 0 atom stereocenters. The van der Waals surface area contributed by atoms with Crippen LogP contribution in [0.1, 0.15) is 6.85 Å². The van der Waals surface area contributed by atoms with Crippen LogP contribution in [0.5, 0.6) is 0 Å². The van der Waals surface area contributed by atoms with Gasteiger partial charge in [-0.2, -0.15) is 0 Å². The van der Waals surface area contributed by atoms with Gasteiger partial charge < -0.3 is 4.57 Å². The molecule has 0 aliphatic carbocycles. The summed E-state index contributed by atoms with van der Waals surface area (Å²) in [6.45, 7) is 0. The number of hydrogen-bond acceptors (Lipinski definition) is 3. The quantitative estimate of drug-likeness (QED) is 0.205. The number of rotatable bonds is 3. The third kappa shape index (κ3) is 3.60. The maximum Gasteiger partial charge on any atom is 0.180 e. The van der Waals surface area contributed by atoms with Crippen LogP contribution in [0, 0.1) is 0 Å². The molecular formula is C41H25N5. The summed E-state index contributed by atoms with van der Waals surface area (Å²) < 4.78 is 46.4. The highest BCUT2D eigenvalue weighted by Crippen LogP contribution is 2.39.